The number of carbonyl (C=O) groups is 2. The fourth-order valence-electron chi connectivity index (χ4n) is 3.49. The summed E-state index contributed by atoms with van der Waals surface area (Å²) in [7, 11) is 1.49. The van der Waals surface area contributed by atoms with Crippen LogP contribution in [0.5, 0.6) is 0 Å². The van der Waals surface area contributed by atoms with Gasteiger partial charge in [-0.25, -0.2) is 0 Å². The summed E-state index contributed by atoms with van der Waals surface area (Å²) in [5.41, 5.74) is 4.05. The van der Waals surface area contributed by atoms with E-state index in [2.05, 4.69) is 38.7 Å². The molecule has 6 heteroatoms. The number of allylic oxidation sites excluding steroid dienone is 1. The van der Waals surface area contributed by atoms with Gasteiger partial charge in [-0.15, -0.1) is 0 Å². The maximum absolute atomic E-state index is 12.1. The molecule has 0 N–H and O–H groups in total. The molecule has 0 bridgehead atoms. The second-order valence-electron chi connectivity index (χ2n) is 6.86. The summed E-state index contributed by atoms with van der Waals surface area (Å²) in [5.74, 6) is -0.285. The van der Waals surface area contributed by atoms with Crippen LogP contribution in [0.25, 0.3) is 11.6 Å². The lowest BCUT2D eigenvalue weighted by atomic mass is 9.88. The normalized spacial score (nSPS) is 21.0. The molecule has 132 valence electrons. The van der Waals surface area contributed by atoms with Gasteiger partial charge in [0.15, 0.2) is 0 Å². The molecular formula is C19H21ClN2O2S. The van der Waals surface area contributed by atoms with Gasteiger partial charge in [-0.1, -0.05) is 17.7 Å². The molecule has 1 aromatic carbocycles. The lowest BCUT2D eigenvalue weighted by Gasteiger charge is -2.43. The van der Waals surface area contributed by atoms with E-state index in [0.29, 0.717) is 9.93 Å². The van der Waals surface area contributed by atoms with Gasteiger partial charge in [0.2, 0.25) is 0 Å². The predicted molar refractivity (Wildman–Crippen MR) is 106 cm³/mol. The van der Waals surface area contributed by atoms with Crippen molar-refractivity contribution in [1.29, 1.82) is 0 Å². The second-order valence-corrected chi connectivity index (χ2v) is 8.26. The molecule has 0 radical (unpaired) electrons. The molecule has 4 nitrogen and oxygen atoms in total. The van der Waals surface area contributed by atoms with Crippen LogP contribution in [0.15, 0.2) is 23.1 Å². The molecule has 0 aromatic heterocycles. The van der Waals surface area contributed by atoms with Crippen molar-refractivity contribution in [3.05, 3.63) is 39.3 Å². The Hall–Kier alpha value is -1.72. The van der Waals surface area contributed by atoms with Gasteiger partial charge in [-0.05, 0) is 68.8 Å². The number of fused-ring (bicyclic) bond motifs is 1. The first-order valence-electron chi connectivity index (χ1n) is 8.18. The number of imide groups is 1. The molecule has 2 amide bonds. The Kier molecular flexibility index (Phi) is 4.50. The number of benzene rings is 1. The zero-order chi connectivity index (χ0) is 18.5. The van der Waals surface area contributed by atoms with E-state index in [1.807, 2.05) is 12.1 Å². The summed E-state index contributed by atoms with van der Waals surface area (Å²) in [4.78, 5) is 27.6. The number of nitrogens with zero attached hydrogens (tertiary/aromatic N) is 2. The number of thioether (sulfide) groups is 1. The summed E-state index contributed by atoms with van der Waals surface area (Å²) in [6, 6.07) is 3.96. The summed E-state index contributed by atoms with van der Waals surface area (Å²) in [6.07, 6.45) is 3.96. The monoisotopic (exact) mass is 376 g/mol. The highest BCUT2D eigenvalue weighted by molar-refractivity contribution is 8.18. The van der Waals surface area contributed by atoms with Crippen LogP contribution in [-0.4, -0.2) is 35.2 Å². The highest BCUT2D eigenvalue weighted by atomic mass is 35.5. The number of rotatable bonds is 2. The maximum atomic E-state index is 12.1. The lowest BCUT2D eigenvalue weighted by molar-refractivity contribution is -0.121. The largest absolute Gasteiger partial charge is 0.363 e. The number of amides is 2. The number of anilines is 1. The second kappa shape index (κ2) is 6.22. The Morgan fingerprint density at radius 2 is 1.96 bits per heavy atom. The standard InChI is InChI=1S/C19H21ClN2O2S/c1-6-22-15-9-14(20)12(7-13(15)11(2)10-19(22,3)4)8-16-17(23)21(5)18(24)25-16/h7-10H,6H2,1-5H3/b16-8-. The topological polar surface area (TPSA) is 40.6 Å². The predicted octanol–water partition coefficient (Wildman–Crippen LogP) is 5.03. The number of hydrogen-bond donors (Lipinski definition) is 0. The molecule has 3 rings (SSSR count). The third kappa shape index (κ3) is 3.00. The molecule has 0 atom stereocenters. The number of carbonyl (C=O) groups excluding carboxylic acids is 2. The Labute approximate surface area is 157 Å². The third-order valence-electron chi connectivity index (χ3n) is 4.69. The SMILES string of the molecule is CCN1c2cc(Cl)c(/C=C3\SC(=O)N(C)C3=O)cc2C(C)=CC1(C)C. The van der Waals surface area contributed by atoms with E-state index in [1.165, 1.54) is 12.6 Å². The quantitative estimate of drug-likeness (QED) is 0.679. The van der Waals surface area contributed by atoms with E-state index in [0.717, 1.165) is 40.0 Å². The molecule has 2 aliphatic heterocycles. The van der Waals surface area contributed by atoms with E-state index < -0.39 is 0 Å². The van der Waals surface area contributed by atoms with E-state index in [9.17, 15) is 9.59 Å². The fraction of sp³-hybridized carbons (Fsp3) is 0.368. The van der Waals surface area contributed by atoms with E-state index >= 15 is 0 Å². The van der Waals surface area contributed by atoms with Crippen LogP contribution >= 0.6 is 23.4 Å². The van der Waals surface area contributed by atoms with Crippen LogP contribution in [-0.2, 0) is 4.79 Å². The van der Waals surface area contributed by atoms with Crippen molar-refractivity contribution in [2.45, 2.75) is 33.2 Å². The van der Waals surface area contributed by atoms with Crippen molar-refractivity contribution in [3.8, 4) is 0 Å². The Morgan fingerprint density at radius 3 is 2.52 bits per heavy atom. The molecule has 0 saturated carbocycles. The molecule has 1 saturated heterocycles. The average molecular weight is 377 g/mol. The van der Waals surface area contributed by atoms with E-state index in [-0.39, 0.29) is 16.7 Å². The fourth-order valence-corrected chi connectivity index (χ4v) is 4.52. The minimum atomic E-state index is -0.285. The van der Waals surface area contributed by atoms with Crippen molar-refractivity contribution in [3.63, 3.8) is 0 Å². The number of halogens is 1. The average Bonchev–Trinajstić information content (AvgIpc) is 2.75. The molecule has 1 fully saturated rings. The first-order chi connectivity index (χ1) is 11.7. The lowest BCUT2D eigenvalue weighted by Crippen LogP contribution is -2.44. The Bertz CT molecular complexity index is 842. The molecule has 2 heterocycles. The Balaban J connectivity index is 2.11. The molecule has 0 spiro atoms. The summed E-state index contributed by atoms with van der Waals surface area (Å²) in [6.45, 7) is 9.45. The van der Waals surface area contributed by atoms with Gasteiger partial charge in [0.1, 0.15) is 0 Å². The smallest absolute Gasteiger partial charge is 0.293 e. The van der Waals surface area contributed by atoms with Crippen LogP contribution in [0.1, 0.15) is 38.8 Å². The molecule has 0 unspecified atom stereocenters. The third-order valence-corrected chi connectivity index (χ3v) is 5.97. The molecule has 1 aromatic rings. The van der Waals surface area contributed by atoms with Crippen molar-refractivity contribution < 1.29 is 9.59 Å². The van der Waals surface area contributed by atoms with Crippen LogP contribution in [0.3, 0.4) is 0 Å². The van der Waals surface area contributed by atoms with Gasteiger partial charge in [0.25, 0.3) is 11.1 Å². The van der Waals surface area contributed by atoms with Gasteiger partial charge < -0.3 is 4.90 Å². The molecule has 25 heavy (non-hydrogen) atoms. The van der Waals surface area contributed by atoms with Gasteiger partial charge in [0.05, 0.1) is 10.4 Å². The van der Waals surface area contributed by atoms with Gasteiger partial charge in [0, 0.05) is 29.9 Å². The zero-order valence-corrected chi connectivity index (χ0v) is 16.6. The molecule has 0 aliphatic carbocycles. The Morgan fingerprint density at radius 1 is 1.28 bits per heavy atom. The van der Waals surface area contributed by atoms with Gasteiger partial charge in [-0.3, -0.25) is 14.5 Å². The van der Waals surface area contributed by atoms with Crippen LogP contribution in [0, 0.1) is 0 Å². The minimum Gasteiger partial charge on any atom is -0.363 e. The molecule has 2 aliphatic rings. The van der Waals surface area contributed by atoms with E-state index in [1.54, 1.807) is 6.08 Å². The van der Waals surface area contributed by atoms with Gasteiger partial charge >= 0.3 is 0 Å². The van der Waals surface area contributed by atoms with Crippen LogP contribution < -0.4 is 4.90 Å². The van der Waals surface area contributed by atoms with Crippen LogP contribution in [0.2, 0.25) is 5.02 Å². The summed E-state index contributed by atoms with van der Waals surface area (Å²) >= 11 is 7.46. The first kappa shape index (κ1) is 18.1. The van der Waals surface area contributed by atoms with Crippen molar-refractivity contribution in [2.24, 2.45) is 0 Å². The van der Waals surface area contributed by atoms with Crippen molar-refractivity contribution >= 4 is 51.8 Å². The van der Waals surface area contributed by atoms with Gasteiger partial charge in [-0.2, -0.15) is 0 Å². The number of likely N-dealkylation sites (N-methyl/N-ethyl adjacent to an activating group) is 2. The highest BCUT2D eigenvalue weighted by Gasteiger charge is 2.33. The van der Waals surface area contributed by atoms with Crippen molar-refractivity contribution in [1.82, 2.24) is 4.90 Å². The van der Waals surface area contributed by atoms with E-state index in [4.69, 9.17) is 11.6 Å². The minimum absolute atomic E-state index is 0.0818. The zero-order valence-electron chi connectivity index (χ0n) is 15.0. The summed E-state index contributed by atoms with van der Waals surface area (Å²) in [5, 5.41) is 0.311. The first-order valence-corrected chi connectivity index (χ1v) is 9.37. The highest BCUT2D eigenvalue weighted by Crippen LogP contribution is 2.42. The molecular weight excluding hydrogens is 356 g/mol. The number of hydrogen-bond acceptors (Lipinski definition) is 4. The van der Waals surface area contributed by atoms with Crippen molar-refractivity contribution in [2.75, 3.05) is 18.5 Å². The maximum Gasteiger partial charge on any atom is 0.293 e. The summed E-state index contributed by atoms with van der Waals surface area (Å²) < 4.78 is 0. The van der Waals surface area contributed by atoms with Crippen LogP contribution in [0.4, 0.5) is 10.5 Å².